The van der Waals surface area contributed by atoms with Crippen molar-refractivity contribution in [3.8, 4) is 0 Å². The maximum absolute atomic E-state index is 11.6. The molecule has 0 saturated heterocycles. The lowest BCUT2D eigenvalue weighted by Crippen LogP contribution is -2.53. The summed E-state index contributed by atoms with van der Waals surface area (Å²) in [5, 5.41) is 9.16. The van der Waals surface area contributed by atoms with Crippen molar-refractivity contribution in [2.24, 2.45) is 0 Å². The summed E-state index contributed by atoms with van der Waals surface area (Å²) in [7, 11) is 0. The number of rotatable bonds is 5. The number of amides is 1. The highest BCUT2D eigenvalue weighted by Gasteiger charge is 2.35. The maximum Gasteiger partial charge on any atom is 0.408 e. The molecular weight excluding hydrogens is 206 g/mol. The van der Waals surface area contributed by atoms with Crippen molar-refractivity contribution in [1.29, 1.82) is 0 Å². The Hall–Kier alpha value is -1.58. The molecule has 4 nitrogen and oxygen atoms in total. The lowest BCUT2D eigenvalue weighted by Gasteiger charge is -2.38. The monoisotopic (exact) mass is 225 g/mol. The zero-order chi connectivity index (χ0) is 12.9. The molecule has 0 fully saturated rings. The van der Waals surface area contributed by atoms with E-state index in [1.807, 2.05) is 0 Å². The van der Waals surface area contributed by atoms with Gasteiger partial charge in [0.15, 0.2) is 5.78 Å². The van der Waals surface area contributed by atoms with E-state index >= 15 is 0 Å². The summed E-state index contributed by atoms with van der Waals surface area (Å²) in [5.74, 6) is -0.308. The first kappa shape index (κ1) is 14.4. The predicted molar refractivity (Wildman–Crippen MR) is 63.4 cm³/mol. The molecule has 0 aromatic heterocycles. The topological polar surface area (TPSA) is 57.6 Å². The SMILES string of the molecule is C=CCC(C(=O)C=C)N(C(=O)O)C(C)(C)C. The van der Waals surface area contributed by atoms with Crippen molar-refractivity contribution in [2.45, 2.75) is 38.8 Å². The quantitative estimate of drug-likeness (QED) is 0.577. The van der Waals surface area contributed by atoms with Crippen LogP contribution in [-0.4, -0.2) is 33.5 Å². The van der Waals surface area contributed by atoms with Gasteiger partial charge >= 0.3 is 6.09 Å². The van der Waals surface area contributed by atoms with E-state index in [0.29, 0.717) is 0 Å². The second-order valence-corrected chi connectivity index (χ2v) is 4.47. The molecule has 0 aliphatic heterocycles. The minimum Gasteiger partial charge on any atom is -0.465 e. The van der Waals surface area contributed by atoms with Gasteiger partial charge in [-0.1, -0.05) is 12.7 Å². The molecule has 0 aromatic rings. The number of carbonyl (C=O) groups is 2. The average molecular weight is 225 g/mol. The van der Waals surface area contributed by atoms with Crippen molar-refractivity contribution in [3.05, 3.63) is 25.3 Å². The first-order valence-electron chi connectivity index (χ1n) is 5.05. The Morgan fingerprint density at radius 1 is 1.38 bits per heavy atom. The number of ketones is 1. The highest BCUT2D eigenvalue weighted by Crippen LogP contribution is 2.20. The molecule has 1 atom stereocenters. The zero-order valence-electron chi connectivity index (χ0n) is 10.1. The van der Waals surface area contributed by atoms with Crippen LogP contribution in [0.3, 0.4) is 0 Å². The van der Waals surface area contributed by atoms with Crippen LogP contribution in [0.15, 0.2) is 25.3 Å². The van der Waals surface area contributed by atoms with Crippen molar-refractivity contribution in [3.63, 3.8) is 0 Å². The summed E-state index contributed by atoms with van der Waals surface area (Å²) in [6.45, 7) is 12.1. The molecule has 16 heavy (non-hydrogen) atoms. The van der Waals surface area contributed by atoms with Crippen molar-refractivity contribution < 1.29 is 14.7 Å². The first-order chi connectivity index (χ1) is 7.25. The first-order valence-corrected chi connectivity index (χ1v) is 5.05. The smallest absolute Gasteiger partial charge is 0.408 e. The van der Waals surface area contributed by atoms with Crippen molar-refractivity contribution in [2.75, 3.05) is 0 Å². The van der Waals surface area contributed by atoms with E-state index in [2.05, 4.69) is 13.2 Å². The Bertz CT molecular complexity index is 302. The second kappa shape index (κ2) is 5.49. The highest BCUT2D eigenvalue weighted by atomic mass is 16.4. The molecule has 1 N–H and O–H groups in total. The maximum atomic E-state index is 11.6. The Labute approximate surface area is 96.3 Å². The lowest BCUT2D eigenvalue weighted by atomic mass is 9.99. The average Bonchev–Trinajstić information content (AvgIpc) is 2.13. The second-order valence-electron chi connectivity index (χ2n) is 4.47. The van der Waals surface area contributed by atoms with Crippen LogP contribution in [-0.2, 0) is 4.79 Å². The van der Waals surface area contributed by atoms with Crippen LogP contribution in [0.5, 0.6) is 0 Å². The number of carbonyl (C=O) groups excluding carboxylic acids is 1. The minimum absolute atomic E-state index is 0.286. The van der Waals surface area contributed by atoms with Crippen LogP contribution in [0.25, 0.3) is 0 Å². The molecule has 0 bridgehead atoms. The molecular formula is C12H19NO3. The van der Waals surface area contributed by atoms with Crippen LogP contribution < -0.4 is 0 Å². The summed E-state index contributed by atoms with van der Waals surface area (Å²) in [5.41, 5.74) is -0.641. The lowest BCUT2D eigenvalue weighted by molar-refractivity contribution is -0.120. The molecule has 0 spiro atoms. The molecule has 0 aliphatic carbocycles. The summed E-state index contributed by atoms with van der Waals surface area (Å²) in [6, 6.07) is -0.743. The van der Waals surface area contributed by atoms with Gasteiger partial charge in [0.2, 0.25) is 0 Å². The fourth-order valence-electron chi connectivity index (χ4n) is 1.53. The third-order valence-corrected chi connectivity index (χ3v) is 2.16. The van der Waals surface area contributed by atoms with Gasteiger partial charge in [-0.05, 0) is 33.3 Å². The fourth-order valence-corrected chi connectivity index (χ4v) is 1.53. The van der Waals surface area contributed by atoms with Crippen LogP contribution in [0, 0.1) is 0 Å². The highest BCUT2D eigenvalue weighted by molar-refractivity contribution is 5.95. The molecule has 0 saturated carbocycles. The number of hydrogen-bond donors (Lipinski definition) is 1. The third kappa shape index (κ3) is 3.53. The number of carboxylic acid groups (broad SMARTS) is 1. The molecule has 1 amide bonds. The van der Waals surface area contributed by atoms with Crippen molar-refractivity contribution >= 4 is 11.9 Å². The van der Waals surface area contributed by atoms with E-state index in [1.165, 1.54) is 6.08 Å². The molecule has 1 unspecified atom stereocenters. The van der Waals surface area contributed by atoms with E-state index < -0.39 is 17.7 Å². The van der Waals surface area contributed by atoms with E-state index in [1.54, 1.807) is 20.8 Å². The van der Waals surface area contributed by atoms with E-state index in [-0.39, 0.29) is 12.2 Å². The van der Waals surface area contributed by atoms with Crippen LogP contribution >= 0.6 is 0 Å². The van der Waals surface area contributed by atoms with E-state index in [4.69, 9.17) is 5.11 Å². The van der Waals surface area contributed by atoms with Crippen LogP contribution in [0.4, 0.5) is 4.79 Å². The predicted octanol–water partition coefficient (Wildman–Crippen LogP) is 2.46. The summed E-state index contributed by atoms with van der Waals surface area (Å²) < 4.78 is 0. The molecule has 0 rings (SSSR count). The largest absolute Gasteiger partial charge is 0.465 e. The van der Waals surface area contributed by atoms with Gasteiger partial charge in [0.05, 0.1) is 0 Å². The standard InChI is InChI=1S/C12H19NO3/c1-6-8-9(10(14)7-2)13(11(15)16)12(3,4)5/h6-7,9H,1-2,8H2,3-5H3,(H,15,16). The van der Waals surface area contributed by atoms with Crippen LogP contribution in [0.2, 0.25) is 0 Å². The molecule has 0 heterocycles. The van der Waals surface area contributed by atoms with Gasteiger partial charge < -0.3 is 5.11 Å². The Morgan fingerprint density at radius 3 is 2.12 bits per heavy atom. The molecule has 0 radical (unpaired) electrons. The van der Waals surface area contributed by atoms with Crippen LogP contribution in [0.1, 0.15) is 27.2 Å². The Balaban J connectivity index is 5.26. The normalized spacial score (nSPS) is 12.7. The van der Waals surface area contributed by atoms with Gasteiger partial charge in [-0.15, -0.1) is 6.58 Å². The molecule has 4 heteroatoms. The van der Waals surface area contributed by atoms with E-state index in [0.717, 1.165) is 11.0 Å². The molecule has 0 aromatic carbocycles. The summed E-state index contributed by atoms with van der Waals surface area (Å²) in [6.07, 6.45) is 1.85. The van der Waals surface area contributed by atoms with Gasteiger partial charge in [0.1, 0.15) is 6.04 Å². The fraction of sp³-hybridized carbons (Fsp3) is 0.500. The molecule has 90 valence electrons. The van der Waals surface area contributed by atoms with E-state index in [9.17, 15) is 9.59 Å². The van der Waals surface area contributed by atoms with Gasteiger partial charge in [0.25, 0.3) is 0 Å². The Kier molecular flexibility index (Phi) is 4.95. The molecule has 0 aliphatic rings. The number of nitrogens with zero attached hydrogens (tertiary/aromatic N) is 1. The van der Waals surface area contributed by atoms with Crippen molar-refractivity contribution in [1.82, 2.24) is 4.90 Å². The summed E-state index contributed by atoms with van der Waals surface area (Å²) >= 11 is 0. The zero-order valence-corrected chi connectivity index (χ0v) is 10.1. The van der Waals surface area contributed by atoms with Gasteiger partial charge in [-0.3, -0.25) is 9.69 Å². The Morgan fingerprint density at radius 2 is 1.88 bits per heavy atom. The van der Waals surface area contributed by atoms with Gasteiger partial charge in [0, 0.05) is 5.54 Å². The minimum atomic E-state index is -1.12. The number of hydrogen-bond acceptors (Lipinski definition) is 2. The van der Waals surface area contributed by atoms with Gasteiger partial charge in [-0.2, -0.15) is 0 Å². The third-order valence-electron chi connectivity index (χ3n) is 2.16. The van der Waals surface area contributed by atoms with Gasteiger partial charge in [-0.25, -0.2) is 4.79 Å². The summed E-state index contributed by atoms with van der Waals surface area (Å²) in [4.78, 5) is 23.9.